The average molecular weight is 327 g/mol. The molecule has 1 atom stereocenters. The Balaban J connectivity index is 1.96. The molecule has 1 aromatic rings. The molecule has 1 aromatic carbocycles. The van der Waals surface area contributed by atoms with Gasteiger partial charge in [0.1, 0.15) is 5.75 Å². The van der Waals surface area contributed by atoms with Gasteiger partial charge < -0.3 is 14.7 Å². The molecular weight excluding hydrogens is 304 g/mol. The van der Waals surface area contributed by atoms with Gasteiger partial charge in [-0.3, -0.25) is 4.79 Å². The van der Waals surface area contributed by atoms with Gasteiger partial charge in [-0.1, -0.05) is 19.1 Å². The number of aryl methyl sites for hydroxylation is 1. The number of benzene rings is 1. The first-order chi connectivity index (χ1) is 11.0. The van der Waals surface area contributed by atoms with E-state index >= 15 is 0 Å². The SMILES string of the molecule is CC[C@]1(CO)CCCN1C(=O)CCc1cccc(OC(F)F)c1. The summed E-state index contributed by atoms with van der Waals surface area (Å²) in [6.45, 7) is -0.229. The standard InChI is InChI=1S/C17H23F2NO3/c1-2-17(12-21)9-4-10-20(17)15(22)8-7-13-5-3-6-14(11-13)23-16(18)19/h3,5-6,11,16,21H,2,4,7-10,12H2,1H3/t17-/m1/s1. The van der Waals surface area contributed by atoms with Crippen molar-refractivity contribution >= 4 is 5.91 Å². The maximum Gasteiger partial charge on any atom is 0.387 e. The van der Waals surface area contributed by atoms with Crippen molar-refractivity contribution < 1.29 is 23.4 Å². The fourth-order valence-corrected chi connectivity index (χ4v) is 3.23. The van der Waals surface area contributed by atoms with Crippen molar-refractivity contribution in [3.8, 4) is 5.75 Å². The molecule has 23 heavy (non-hydrogen) atoms. The van der Waals surface area contributed by atoms with Gasteiger partial charge in [0.25, 0.3) is 0 Å². The van der Waals surface area contributed by atoms with Crippen molar-refractivity contribution in [1.82, 2.24) is 4.90 Å². The number of aliphatic hydroxyl groups is 1. The van der Waals surface area contributed by atoms with E-state index in [0.29, 0.717) is 19.4 Å². The molecule has 2 rings (SSSR count). The molecule has 1 heterocycles. The number of carbonyl (C=O) groups is 1. The van der Waals surface area contributed by atoms with Crippen LogP contribution in [0.1, 0.15) is 38.2 Å². The van der Waals surface area contributed by atoms with E-state index in [1.165, 1.54) is 12.1 Å². The van der Waals surface area contributed by atoms with Gasteiger partial charge in [0.05, 0.1) is 12.1 Å². The Hall–Kier alpha value is -1.69. The number of aliphatic hydroxyl groups excluding tert-OH is 1. The van der Waals surface area contributed by atoms with Gasteiger partial charge in [-0.05, 0) is 43.4 Å². The van der Waals surface area contributed by atoms with Crippen LogP contribution >= 0.6 is 0 Å². The number of ether oxygens (including phenoxy) is 1. The fourth-order valence-electron chi connectivity index (χ4n) is 3.23. The maximum atomic E-state index is 12.5. The Morgan fingerprint density at radius 1 is 1.48 bits per heavy atom. The highest BCUT2D eigenvalue weighted by molar-refractivity contribution is 5.77. The lowest BCUT2D eigenvalue weighted by molar-refractivity contribution is -0.137. The predicted octanol–water partition coefficient (Wildman–Crippen LogP) is 2.98. The molecule has 0 spiro atoms. The normalized spacial score (nSPS) is 21.0. The molecule has 1 fully saturated rings. The number of halogens is 2. The van der Waals surface area contributed by atoms with Gasteiger partial charge in [-0.2, -0.15) is 8.78 Å². The first kappa shape index (κ1) is 17.7. The summed E-state index contributed by atoms with van der Waals surface area (Å²) in [7, 11) is 0. The molecule has 0 bridgehead atoms. The quantitative estimate of drug-likeness (QED) is 0.837. The van der Waals surface area contributed by atoms with Crippen LogP contribution in [0.5, 0.6) is 5.75 Å². The predicted molar refractivity (Wildman–Crippen MR) is 82.4 cm³/mol. The molecule has 1 aliphatic rings. The minimum Gasteiger partial charge on any atom is -0.435 e. The minimum absolute atomic E-state index is 0.00131. The second-order valence-corrected chi connectivity index (χ2v) is 5.91. The van der Waals surface area contributed by atoms with Gasteiger partial charge in [-0.15, -0.1) is 0 Å². The number of carbonyl (C=O) groups excluding carboxylic acids is 1. The first-order valence-corrected chi connectivity index (χ1v) is 7.96. The third-order valence-corrected chi connectivity index (χ3v) is 4.60. The number of hydrogen-bond donors (Lipinski definition) is 1. The highest BCUT2D eigenvalue weighted by Crippen LogP contribution is 2.32. The number of nitrogens with zero attached hydrogens (tertiary/aromatic N) is 1. The Bertz CT molecular complexity index is 532. The minimum atomic E-state index is -2.86. The summed E-state index contributed by atoms with van der Waals surface area (Å²) in [5, 5.41) is 9.66. The number of hydrogen-bond acceptors (Lipinski definition) is 3. The van der Waals surface area contributed by atoms with Crippen LogP contribution in [0.15, 0.2) is 24.3 Å². The van der Waals surface area contributed by atoms with Gasteiger partial charge in [0.15, 0.2) is 0 Å². The van der Waals surface area contributed by atoms with E-state index in [1.54, 1.807) is 17.0 Å². The van der Waals surface area contributed by atoms with Crippen LogP contribution in [-0.2, 0) is 11.2 Å². The zero-order valence-electron chi connectivity index (χ0n) is 13.3. The van der Waals surface area contributed by atoms with Crippen LogP contribution < -0.4 is 4.74 Å². The van der Waals surface area contributed by atoms with Crippen LogP contribution in [0.3, 0.4) is 0 Å². The van der Waals surface area contributed by atoms with Crippen molar-refractivity contribution in [1.29, 1.82) is 0 Å². The Labute approximate surface area is 135 Å². The average Bonchev–Trinajstić information content (AvgIpc) is 2.97. The van der Waals surface area contributed by atoms with Gasteiger partial charge >= 0.3 is 6.61 Å². The van der Waals surface area contributed by atoms with Gasteiger partial charge in [-0.25, -0.2) is 0 Å². The van der Waals surface area contributed by atoms with Crippen molar-refractivity contribution in [2.75, 3.05) is 13.2 Å². The zero-order chi connectivity index (χ0) is 16.9. The molecule has 0 aromatic heterocycles. The van der Waals surface area contributed by atoms with E-state index in [1.807, 2.05) is 6.92 Å². The van der Waals surface area contributed by atoms with Gasteiger partial charge in [0.2, 0.25) is 5.91 Å². The summed E-state index contributed by atoms with van der Waals surface area (Å²) in [5.74, 6) is 0.1000. The molecule has 0 saturated carbocycles. The molecule has 0 aliphatic carbocycles. The van der Waals surface area contributed by atoms with E-state index in [0.717, 1.165) is 24.8 Å². The Kier molecular flexibility index (Phi) is 5.93. The summed E-state index contributed by atoms with van der Waals surface area (Å²) in [4.78, 5) is 14.3. The van der Waals surface area contributed by atoms with Crippen LogP contribution in [-0.4, -0.2) is 41.2 Å². The second kappa shape index (κ2) is 7.73. The smallest absolute Gasteiger partial charge is 0.387 e. The summed E-state index contributed by atoms with van der Waals surface area (Å²) in [6.07, 6.45) is 3.20. The van der Waals surface area contributed by atoms with Crippen molar-refractivity contribution in [3.63, 3.8) is 0 Å². The largest absolute Gasteiger partial charge is 0.435 e. The molecular formula is C17H23F2NO3. The van der Waals surface area contributed by atoms with E-state index in [2.05, 4.69) is 4.74 Å². The molecule has 1 aliphatic heterocycles. The number of rotatable bonds is 7. The molecule has 1 saturated heterocycles. The number of likely N-dealkylation sites (tertiary alicyclic amines) is 1. The molecule has 128 valence electrons. The van der Waals surface area contributed by atoms with Crippen LogP contribution in [0.25, 0.3) is 0 Å². The van der Waals surface area contributed by atoms with E-state index in [9.17, 15) is 18.7 Å². The summed E-state index contributed by atoms with van der Waals surface area (Å²) in [6, 6.07) is 6.42. The number of alkyl halides is 2. The zero-order valence-corrected chi connectivity index (χ0v) is 13.3. The van der Waals surface area contributed by atoms with E-state index in [4.69, 9.17) is 0 Å². The topological polar surface area (TPSA) is 49.8 Å². The lowest BCUT2D eigenvalue weighted by Gasteiger charge is -2.36. The molecule has 0 radical (unpaired) electrons. The first-order valence-electron chi connectivity index (χ1n) is 7.96. The van der Waals surface area contributed by atoms with Gasteiger partial charge in [0, 0.05) is 13.0 Å². The number of amides is 1. The summed E-state index contributed by atoms with van der Waals surface area (Å²) >= 11 is 0. The maximum absolute atomic E-state index is 12.5. The molecule has 6 heteroatoms. The van der Waals surface area contributed by atoms with Crippen molar-refractivity contribution in [2.45, 2.75) is 51.2 Å². The fraction of sp³-hybridized carbons (Fsp3) is 0.588. The monoisotopic (exact) mass is 327 g/mol. The van der Waals surface area contributed by atoms with Crippen LogP contribution in [0.2, 0.25) is 0 Å². The highest BCUT2D eigenvalue weighted by atomic mass is 19.3. The molecule has 1 amide bonds. The Morgan fingerprint density at radius 2 is 2.26 bits per heavy atom. The van der Waals surface area contributed by atoms with Crippen LogP contribution in [0, 0.1) is 0 Å². The third kappa shape index (κ3) is 4.19. The molecule has 1 N–H and O–H groups in total. The molecule has 4 nitrogen and oxygen atoms in total. The van der Waals surface area contributed by atoms with Crippen molar-refractivity contribution in [3.05, 3.63) is 29.8 Å². The Morgan fingerprint density at radius 3 is 2.91 bits per heavy atom. The molecule has 0 unspecified atom stereocenters. The van der Waals surface area contributed by atoms with Crippen molar-refractivity contribution in [2.24, 2.45) is 0 Å². The lowest BCUT2D eigenvalue weighted by Crippen LogP contribution is -2.49. The second-order valence-electron chi connectivity index (χ2n) is 5.91. The highest BCUT2D eigenvalue weighted by Gasteiger charge is 2.41. The van der Waals surface area contributed by atoms with E-state index < -0.39 is 12.2 Å². The van der Waals surface area contributed by atoms with E-state index in [-0.39, 0.29) is 18.3 Å². The lowest BCUT2D eigenvalue weighted by atomic mass is 9.93. The van der Waals surface area contributed by atoms with Crippen LogP contribution in [0.4, 0.5) is 8.78 Å². The third-order valence-electron chi connectivity index (χ3n) is 4.60. The summed E-state index contributed by atoms with van der Waals surface area (Å²) in [5.41, 5.74) is 0.347. The summed E-state index contributed by atoms with van der Waals surface area (Å²) < 4.78 is 28.8.